The number of amides is 1. The summed E-state index contributed by atoms with van der Waals surface area (Å²) in [7, 11) is 0. The summed E-state index contributed by atoms with van der Waals surface area (Å²) in [6.07, 6.45) is -0.0705. The van der Waals surface area contributed by atoms with E-state index in [1.54, 1.807) is 24.1 Å². The Hall–Kier alpha value is -2.41. The molecule has 2 aromatic rings. The number of fused-ring (bicyclic) bond motifs is 1. The van der Waals surface area contributed by atoms with Gasteiger partial charge >= 0.3 is 10.8 Å². The standard InChI is InChI=1S/C18H20N2O4S/c1-12-11-25-18(23)20(12)10-16(21)24-13(2)17(22)19-8-7-14-5-3-4-6-15(14)9-19/h3-6,11,13H,7-10H2,1-2H3/t13-/m0/s1. The Balaban J connectivity index is 1.60. The molecule has 0 saturated heterocycles. The van der Waals surface area contributed by atoms with Gasteiger partial charge in [-0.3, -0.25) is 19.0 Å². The van der Waals surface area contributed by atoms with Gasteiger partial charge in [-0.05, 0) is 31.4 Å². The van der Waals surface area contributed by atoms with E-state index in [0.29, 0.717) is 18.8 Å². The molecular weight excluding hydrogens is 340 g/mol. The molecule has 1 amide bonds. The van der Waals surface area contributed by atoms with Crippen molar-refractivity contribution in [2.45, 2.75) is 39.5 Å². The van der Waals surface area contributed by atoms with Crippen LogP contribution in [0.1, 0.15) is 23.7 Å². The van der Waals surface area contributed by atoms with Gasteiger partial charge in [-0.25, -0.2) is 0 Å². The lowest BCUT2D eigenvalue weighted by Crippen LogP contribution is -2.43. The summed E-state index contributed by atoms with van der Waals surface area (Å²) in [6, 6.07) is 8.03. The molecule has 0 radical (unpaired) electrons. The highest BCUT2D eigenvalue weighted by atomic mass is 32.1. The molecule has 0 fully saturated rings. The first-order valence-corrected chi connectivity index (χ1v) is 9.03. The second-order valence-electron chi connectivity index (χ2n) is 6.14. The second kappa shape index (κ2) is 7.23. The van der Waals surface area contributed by atoms with Crippen molar-refractivity contribution in [2.75, 3.05) is 6.54 Å². The Bertz CT molecular complexity index is 855. The summed E-state index contributed by atoms with van der Waals surface area (Å²) >= 11 is 1.04. The van der Waals surface area contributed by atoms with E-state index in [4.69, 9.17) is 4.74 Å². The fraction of sp³-hybridized carbons (Fsp3) is 0.389. The van der Waals surface area contributed by atoms with Gasteiger partial charge < -0.3 is 9.64 Å². The van der Waals surface area contributed by atoms with Crippen LogP contribution >= 0.6 is 11.3 Å². The molecule has 1 aliphatic rings. The second-order valence-corrected chi connectivity index (χ2v) is 6.96. The third-order valence-corrected chi connectivity index (χ3v) is 5.24. The lowest BCUT2D eigenvalue weighted by molar-refractivity contribution is -0.160. The topological polar surface area (TPSA) is 68.6 Å². The number of carbonyl (C=O) groups is 2. The maximum absolute atomic E-state index is 12.6. The van der Waals surface area contributed by atoms with Crippen LogP contribution in [-0.2, 0) is 33.8 Å². The summed E-state index contributed by atoms with van der Waals surface area (Å²) < 4.78 is 6.60. The fourth-order valence-electron chi connectivity index (χ4n) is 2.95. The fourth-order valence-corrected chi connectivity index (χ4v) is 3.69. The van der Waals surface area contributed by atoms with Crippen LogP contribution in [0.15, 0.2) is 34.4 Å². The quantitative estimate of drug-likeness (QED) is 0.779. The van der Waals surface area contributed by atoms with Gasteiger partial charge in [0.15, 0.2) is 6.10 Å². The molecule has 0 N–H and O–H groups in total. The maximum atomic E-state index is 12.6. The van der Waals surface area contributed by atoms with Crippen LogP contribution in [0.5, 0.6) is 0 Å². The number of ether oxygens (including phenoxy) is 1. The van der Waals surface area contributed by atoms with Crippen molar-refractivity contribution in [3.05, 3.63) is 56.1 Å². The van der Waals surface area contributed by atoms with Gasteiger partial charge in [-0.15, -0.1) is 0 Å². The van der Waals surface area contributed by atoms with Crippen LogP contribution < -0.4 is 4.87 Å². The smallest absolute Gasteiger partial charge is 0.326 e. The Morgan fingerprint density at radius 1 is 1.28 bits per heavy atom. The molecule has 1 aromatic carbocycles. The third kappa shape index (κ3) is 3.82. The average Bonchev–Trinajstić information content (AvgIpc) is 2.92. The first-order valence-electron chi connectivity index (χ1n) is 8.15. The van der Waals surface area contributed by atoms with E-state index in [1.807, 2.05) is 18.2 Å². The van der Waals surface area contributed by atoms with Gasteiger partial charge in [0, 0.05) is 24.2 Å². The molecule has 132 valence electrons. The number of nitrogens with zero attached hydrogens (tertiary/aromatic N) is 2. The minimum atomic E-state index is -0.868. The van der Waals surface area contributed by atoms with Crippen LogP contribution in [0, 0.1) is 6.92 Å². The molecule has 1 aliphatic heterocycles. The minimum Gasteiger partial charge on any atom is -0.451 e. The summed E-state index contributed by atoms with van der Waals surface area (Å²) in [5.41, 5.74) is 3.09. The summed E-state index contributed by atoms with van der Waals surface area (Å²) in [4.78, 5) is 37.8. The molecular formula is C18H20N2O4S. The SMILES string of the molecule is Cc1csc(=O)n1CC(=O)O[C@@H](C)C(=O)N1CCc2ccccc2C1. The molecule has 0 bridgehead atoms. The lowest BCUT2D eigenvalue weighted by atomic mass is 9.99. The van der Waals surface area contributed by atoms with Gasteiger partial charge in [-0.1, -0.05) is 35.6 Å². The number of aryl methyl sites for hydroxylation is 1. The zero-order valence-electron chi connectivity index (χ0n) is 14.2. The van der Waals surface area contributed by atoms with Gasteiger partial charge in [0.05, 0.1) is 0 Å². The zero-order valence-corrected chi connectivity index (χ0v) is 15.0. The number of benzene rings is 1. The van der Waals surface area contributed by atoms with Crippen molar-refractivity contribution in [3.8, 4) is 0 Å². The molecule has 2 heterocycles. The van der Waals surface area contributed by atoms with Crippen molar-refractivity contribution in [1.82, 2.24) is 9.47 Å². The number of hydrogen-bond donors (Lipinski definition) is 0. The molecule has 3 rings (SSSR count). The van der Waals surface area contributed by atoms with Crippen molar-refractivity contribution in [2.24, 2.45) is 0 Å². The molecule has 0 aliphatic carbocycles. The Morgan fingerprint density at radius 3 is 2.68 bits per heavy atom. The average molecular weight is 360 g/mol. The number of aromatic nitrogens is 1. The molecule has 6 nitrogen and oxygen atoms in total. The number of thiazole rings is 1. The highest BCUT2D eigenvalue weighted by Crippen LogP contribution is 2.19. The summed E-state index contributed by atoms with van der Waals surface area (Å²) in [6.45, 7) is 4.30. The molecule has 0 spiro atoms. The molecule has 0 saturated carbocycles. The largest absolute Gasteiger partial charge is 0.451 e. The first kappa shape index (κ1) is 17.4. The minimum absolute atomic E-state index is 0.172. The van der Waals surface area contributed by atoms with E-state index < -0.39 is 12.1 Å². The molecule has 7 heteroatoms. The van der Waals surface area contributed by atoms with Gasteiger partial charge in [0.2, 0.25) is 0 Å². The monoisotopic (exact) mass is 360 g/mol. The van der Waals surface area contributed by atoms with Crippen molar-refractivity contribution < 1.29 is 14.3 Å². The predicted octanol–water partition coefficient (Wildman–Crippen LogP) is 1.73. The Morgan fingerprint density at radius 2 is 2.00 bits per heavy atom. The normalized spacial score (nSPS) is 14.7. The van der Waals surface area contributed by atoms with E-state index in [2.05, 4.69) is 6.07 Å². The molecule has 0 unspecified atom stereocenters. The number of rotatable bonds is 4. The van der Waals surface area contributed by atoms with E-state index in [0.717, 1.165) is 23.3 Å². The van der Waals surface area contributed by atoms with E-state index in [9.17, 15) is 14.4 Å². The van der Waals surface area contributed by atoms with Crippen molar-refractivity contribution in [3.63, 3.8) is 0 Å². The van der Waals surface area contributed by atoms with Gasteiger partial charge in [-0.2, -0.15) is 0 Å². The van der Waals surface area contributed by atoms with Gasteiger partial charge in [0.25, 0.3) is 5.91 Å². The van der Waals surface area contributed by atoms with E-state index >= 15 is 0 Å². The van der Waals surface area contributed by atoms with Crippen molar-refractivity contribution in [1.29, 1.82) is 0 Å². The Labute approximate surface area is 149 Å². The van der Waals surface area contributed by atoms with Crippen LogP contribution in [0.25, 0.3) is 0 Å². The number of esters is 1. The molecule has 1 aromatic heterocycles. The summed E-state index contributed by atoms with van der Waals surface area (Å²) in [5, 5.41) is 1.69. The lowest BCUT2D eigenvalue weighted by Gasteiger charge is -2.30. The van der Waals surface area contributed by atoms with Crippen LogP contribution in [-0.4, -0.2) is 34.0 Å². The maximum Gasteiger partial charge on any atom is 0.326 e. The van der Waals surface area contributed by atoms with Crippen LogP contribution in [0.2, 0.25) is 0 Å². The van der Waals surface area contributed by atoms with E-state index in [-0.39, 0.29) is 17.3 Å². The number of carbonyl (C=O) groups excluding carboxylic acids is 2. The zero-order chi connectivity index (χ0) is 18.0. The Kier molecular flexibility index (Phi) is 5.03. The highest BCUT2D eigenvalue weighted by Gasteiger charge is 2.27. The van der Waals surface area contributed by atoms with E-state index in [1.165, 1.54) is 10.1 Å². The summed E-state index contributed by atoms with van der Waals surface area (Å²) in [5.74, 6) is -0.792. The first-order chi connectivity index (χ1) is 12.0. The van der Waals surface area contributed by atoms with Crippen LogP contribution in [0.3, 0.4) is 0 Å². The number of hydrogen-bond acceptors (Lipinski definition) is 5. The highest BCUT2D eigenvalue weighted by molar-refractivity contribution is 7.07. The molecule has 1 atom stereocenters. The predicted molar refractivity (Wildman–Crippen MR) is 94.4 cm³/mol. The third-order valence-electron chi connectivity index (χ3n) is 4.36. The van der Waals surface area contributed by atoms with Crippen molar-refractivity contribution >= 4 is 23.2 Å². The molecule has 25 heavy (non-hydrogen) atoms. The van der Waals surface area contributed by atoms with Gasteiger partial charge in [0.1, 0.15) is 6.54 Å². The van der Waals surface area contributed by atoms with Crippen LogP contribution in [0.4, 0.5) is 0 Å².